The van der Waals surface area contributed by atoms with Crippen molar-refractivity contribution >= 4 is 122 Å². The lowest BCUT2D eigenvalue weighted by Gasteiger charge is -2.23. The average Bonchev–Trinajstić information content (AvgIpc) is 1.74. The van der Waals surface area contributed by atoms with E-state index in [1.54, 1.807) is 37.0 Å². The monoisotopic (exact) mass is 1700 g/mol. The number of nitrogens with one attached hydrogen (secondary N) is 4. The highest BCUT2D eigenvalue weighted by Gasteiger charge is 2.37. The molecule has 0 amide bonds. The van der Waals surface area contributed by atoms with Crippen LogP contribution in [-0.4, -0.2) is 71.7 Å². The van der Waals surface area contributed by atoms with E-state index in [2.05, 4.69) is 120 Å². The minimum Gasteiger partial charge on any atom is -0.464 e. The zero-order chi connectivity index (χ0) is 78.5. The second-order valence-electron chi connectivity index (χ2n) is 31.7. The Kier molecular flexibility index (Phi) is 23.8. The van der Waals surface area contributed by atoms with E-state index in [1.165, 1.54) is 104 Å². The molecular weight excluding hydrogens is 1610 g/mol. The summed E-state index contributed by atoms with van der Waals surface area (Å²) < 4.78 is 48.7. The number of aryl methyl sites for hydroxylation is 4. The fraction of sp³-hybridized carbons (Fsp3) is 0.333. The summed E-state index contributed by atoms with van der Waals surface area (Å²) in [6.07, 6.45) is 30.1. The molecule has 4 N–H and O–H groups in total. The van der Waals surface area contributed by atoms with Crippen LogP contribution in [0.4, 0.5) is 8.78 Å². The summed E-state index contributed by atoms with van der Waals surface area (Å²) in [4.78, 5) is 19.8. The first kappa shape index (κ1) is 77.7. The zero-order valence-corrected chi connectivity index (χ0v) is 68.8. The van der Waals surface area contributed by atoms with Crippen LogP contribution in [0.3, 0.4) is 0 Å². The van der Waals surface area contributed by atoms with Gasteiger partial charge in [0.15, 0.2) is 0 Å². The third-order valence-corrected chi connectivity index (χ3v) is 26.1. The van der Waals surface area contributed by atoms with Crippen LogP contribution in [0.25, 0.3) is 43.7 Å². The van der Waals surface area contributed by atoms with Crippen molar-refractivity contribution in [1.82, 2.24) is 21.3 Å². The van der Waals surface area contributed by atoms with Gasteiger partial charge in [-0.1, -0.05) is 179 Å². The molecule has 0 saturated heterocycles. The van der Waals surface area contributed by atoms with Gasteiger partial charge in [0, 0.05) is 81.6 Å². The lowest BCUT2D eigenvalue weighted by atomic mass is 9.92. The van der Waals surface area contributed by atoms with Crippen LogP contribution in [0.15, 0.2) is 225 Å². The summed E-state index contributed by atoms with van der Waals surface area (Å²) >= 11 is 20.5. The van der Waals surface area contributed by atoms with Crippen molar-refractivity contribution in [2.24, 2.45) is 20.0 Å². The van der Waals surface area contributed by atoms with Gasteiger partial charge in [0.2, 0.25) is 0 Å². The van der Waals surface area contributed by atoms with Gasteiger partial charge in [0.05, 0.1) is 66.2 Å². The molecule has 9 aromatic carbocycles. The smallest absolute Gasteiger partial charge is 0.137 e. The molecule has 0 bridgehead atoms. The van der Waals surface area contributed by atoms with Crippen molar-refractivity contribution in [3.05, 3.63) is 291 Å². The van der Waals surface area contributed by atoms with Gasteiger partial charge in [-0.15, -0.1) is 0 Å². The van der Waals surface area contributed by atoms with E-state index in [9.17, 15) is 19.3 Å². The molecule has 12 aromatic rings. The van der Waals surface area contributed by atoms with E-state index in [-0.39, 0.29) is 11.6 Å². The molecule has 8 unspecified atom stereocenters. The van der Waals surface area contributed by atoms with Crippen LogP contribution in [0.2, 0.25) is 10.0 Å². The predicted molar refractivity (Wildman–Crippen MR) is 466 cm³/mol. The molecular formula is C96H90Br2Cl2F2N10O3. The molecule has 4 fully saturated rings. The molecule has 4 saturated carbocycles. The van der Waals surface area contributed by atoms with Crippen LogP contribution in [0.5, 0.6) is 0 Å². The Morgan fingerprint density at radius 1 is 0.357 bits per heavy atom. The highest BCUT2D eigenvalue weighted by atomic mass is 79.9. The Hall–Kier alpha value is -9.88. The van der Waals surface area contributed by atoms with Gasteiger partial charge in [-0.2, -0.15) is 10.5 Å². The first-order valence-electron chi connectivity index (χ1n) is 40.9. The number of fused-ring (bicyclic) bond motifs is 8. The van der Waals surface area contributed by atoms with E-state index in [0.29, 0.717) is 90.7 Å². The van der Waals surface area contributed by atoms with E-state index < -0.39 is 0 Å². The zero-order valence-electron chi connectivity index (χ0n) is 64.1. The van der Waals surface area contributed by atoms with Crippen LogP contribution >= 0.6 is 55.1 Å². The Morgan fingerprint density at radius 2 is 0.687 bits per heavy atom. The van der Waals surface area contributed by atoms with Gasteiger partial charge >= 0.3 is 0 Å². The van der Waals surface area contributed by atoms with Gasteiger partial charge in [-0.25, -0.2) is 8.78 Å². The first-order valence-corrected chi connectivity index (χ1v) is 43.3. The number of halogens is 6. The fourth-order valence-electron chi connectivity index (χ4n) is 18.7. The summed E-state index contributed by atoms with van der Waals surface area (Å²) in [6, 6.07) is 60.7. The van der Waals surface area contributed by atoms with Gasteiger partial charge in [-0.05, 0) is 249 Å². The second kappa shape index (κ2) is 35.3. The highest BCUT2D eigenvalue weighted by Crippen LogP contribution is 2.37. The minimum absolute atomic E-state index is 0.164. The Balaban J connectivity index is 0.000000111. The Labute approximate surface area is 696 Å². The van der Waals surface area contributed by atoms with Crippen molar-refractivity contribution in [3.63, 3.8) is 0 Å². The molecule has 8 atom stereocenters. The molecule has 0 spiro atoms. The predicted octanol–water partition coefficient (Wildman–Crippen LogP) is 22.8. The SMILES string of the molecule is Clc1cccc(C2=NC3CCCCC3N2)c1CCc1cc(Br)cc2ccccc12.Fc1cccc(C2=NC3CCCCC3N2)c1CCc1cc(Br)cc2ccoc12.N#Cc1cc(CCc2c(Cl)cccc2C2=NC3CCCCC3N2)c2occc2c1.N#Cc1cc(CCc2c(F)cccc2C2=NC3CCCCC3N2)c2occc2c1. The third kappa shape index (κ3) is 17.2. The lowest BCUT2D eigenvalue weighted by molar-refractivity contribution is 0.385. The van der Waals surface area contributed by atoms with Gasteiger partial charge < -0.3 is 34.5 Å². The van der Waals surface area contributed by atoms with Crippen molar-refractivity contribution in [2.75, 3.05) is 0 Å². The number of amidine groups is 4. The number of hydrogen-bond acceptors (Lipinski definition) is 13. The van der Waals surface area contributed by atoms with Gasteiger partial charge in [0.1, 0.15) is 51.7 Å². The molecule has 7 heterocycles. The summed E-state index contributed by atoms with van der Waals surface area (Å²) in [5, 5.41) is 40.2. The molecule has 3 aromatic heterocycles. The largest absolute Gasteiger partial charge is 0.464 e. The molecule has 19 heteroatoms. The number of rotatable bonds is 16. The highest BCUT2D eigenvalue weighted by molar-refractivity contribution is 9.10. The molecule has 20 rings (SSSR count). The lowest BCUT2D eigenvalue weighted by Crippen LogP contribution is -2.37. The van der Waals surface area contributed by atoms with E-state index in [1.807, 2.05) is 84.9 Å². The van der Waals surface area contributed by atoms with Crippen LogP contribution in [-0.2, 0) is 51.4 Å². The third-order valence-electron chi connectivity index (χ3n) is 24.5. The number of nitrogens with zero attached hydrogens (tertiary/aromatic N) is 6. The van der Waals surface area contributed by atoms with Gasteiger partial charge in [0.25, 0.3) is 0 Å². The van der Waals surface area contributed by atoms with E-state index in [4.69, 9.17) is 56.4 Å². The maximum Gasteiger partial charge on any atom is 0.137 e. The topological polar surface area (TPSA) is 185 Å². The maximum absolute atomic E-state index is 14.8. The first-order chi connectivity index (χ1) is 56.3. The Bertz CT molecular complexity index is 5540. The summed E-state index contributed by atoms with van der Waals surface area (Å²) in [6.45, 7) is 0. The molecule has 8 aliphatic rings. The average molecular weight is 1700 g/mol. The molecule has 4 aliphatic carbocycles. The summed E-state index contributed by atoms with van der Waals surface area (Å²) in [5.41, 5.74) is 15.8. The quantitative estimate of drug-likeness (QED) is 0.0731. The fourth-order valence-corrected chi connectivity index (χ4v) is 20.3. The summed E-state index contributed by atoms with van der Waals surface area (Å²) in [7, 11) is 0. The standard InChI is InChI=1S/C25H24BrClN2.C24H22ClN3O.C24H22FN3O.C23H22BrFN2O/c26-18-14-16-6-1-2-7-19(16)17(15-18)12-13-20-21(8-5-9-22(20)27)25-28-23-10-3-4-11-24(23)29-25;2*25-20-5-3-4-19(24-27-21-6-1-2-7-22(21)28-24)18(20)9-8-16-12-15(14-26)13-17-10-11-29-23(16)17;24-16-12-14(22-15(13-16)10-11-28-22)8-9-17-18(4-3-5-19(17)25)23-26-20-6-1-2-7-21(20)27-23/h1-2,5-9,14-15,23-24H,3-4,10-13H2,(H,28,29);2*3-5,10-13,21-22H,1-2,6-9H2,(H,27,28);3-5,10-13,20-21H,1-2,6-9H2,(H,26,27). The molecule has 13 nitrogen and oxygen atoms in total. The van der Waals surface area contributed by atoms with E-state index in [0.717, 1.165) is 178 Å². The van der Waals surface area contributed by atoms with Crippen molar-refractivity contribution < 1.29 is 22.0 Å². The number of nitriles is 2. The number of furan rings is 3. The van der Waals surface area contributed by atoms with Gasteiger partial charge in [-0.3, -0.25) is 20.0 Å². The normalized spacial score (nSPS) is 21.0. The molecule has 0 radical (unpaired) electrons. The van der Waals surface area contributed by atoms with Crippen molar-refractivity contribution in [1.29, 1.82) is 10.5 Å². The Morgan fingerprint density at radius 3 is 1.09 bits per heavy atom. The second-order valence-corrected chi connectivity index (χ2v) is 34.4. The number of aliphatic imine (C=N–C) groups is 4. The minimum atomic E-state index is -0.214. The molecule has 584 valence electrons. The molecule has 115 heavy (non-hydrogen) atoms. The van der Waals surface area contributed by atoms with Crippen LogP contribution < -0.4 is 21.3 Å². The number of benzene rings is 9. The van der Waals surface area contributed by atoms with Crippen molar-refractivity contribution in [2.45, 2.75) is 202 Å². The summed E-state index contributed by atoms with van der Waals surface area (Å²) in [5.74, 6) is 3.33. The molecule has 4 aliphatic heterocycles. The van der Waals surface area contributed by atoms with Crippen LogP contribution in [0, 0.1) is 34.3 Å². The van der Waals surface area contributed by atoms with Crippen molar-refractivity contribution in [3.8, 4) is 12.1 Å². The number of hydrogen-bond donors (Lipinski definition) is 4. The maximum atomic E-state index is 14.8. The van der Waals surface area contributed by atoms with Crippen LogP contribution in [0.1, 0.15) is 181 Å². The van der Waals surface area contributed by atoms with E-state index >= 15 is 0 Å².